The van der Waals surface area contributed by atoms with Crippen molar-refractivity contribution in [3.8, 4) is 22.9 Å². The highest BCUT2D eigenvalue weighted by atomic mass is 16.5. The average molecular weight is 388 g/mol. The summed E-state index contributed by atoms with van der Waals surface area (Å²) < 4.78 is 11.1. The van der Waals surface area contributed by atoms with E-state index in [9.17, 15) is 9.59 Å². The summed E-state index contributed by atoms with van der Waals surface area (Å²) in [7, 11) is 1.39. The van der Waals surface area contributed by atoms with Crippen LogP contribution < -0.4 is 4.74 Å². The highest BCUT2D eigenvalue weighted by Gasteiger charge is 2.45. The second-order valence-electron chi connectivity index (χ2n) is 7.49. The largest absolute Gasteiger partial charge is 0.469 e. The second kappa shape index (κ2) is 7.13. The number of nitrogens with zero attached hydrogens (tertiary/aromatic N) is 2. The van der Waals surface area contributed by atoms with E-state index < -0.39 is 5.41 Å². The highest BCUT2D eigenvalue weighted by molar-refractivity contribution is 5.79. The third-order valence-electron chi connectivity index (χ3n) is 5.31. The summed E-state index contributed by atoms with van der Waals surface area (Å²) in [6.07, 6.45) is 4.12. The van der Waals surface area contributed by atoms with Crippen LogP contribution in [-0.4, -0.2) is 29.3 Å². The maximum Gasteiger partial charge on any atom is 0.312 e. The minimum Gasteiger partial charge on any atom is -0.469 e. The summed E-state index contributed by atoms with van der Waals surface area (Å²) in [4.78, 5) is 32.3. The van der Waals surface area contributed by atoms with Crippen LogP contribution in [0.4, 0.5) is 0 Å². The summed E-state index contributed by atoms with van der Waals surface area (Å²) >= 11 is 0. The van der Waals surface area contributed by atoms with Crippen molar-refractivity contribution in [1.29, 1.82) is 0 Å². The Balaban J connectivity index is 1.84. The molecule has 2 aromatic heterocycles. The number of hydrogen-bond donors (Lipinski definition) is 0. The van der Waals surface area contributed by atoms with Gasteiger partial charge in [-0.1, -0.05) is 30.3 Å². The second-order valence-corrected chi connectivity index (χ2v) is 7.49. The van der Waals surface area contributed by atoms with Crippen LogP contribution in [0.25, 0.3) is 11.3 Å². The van der Waals surface area contributed by atoms with Crippen molar-refractivity contribution in [3.05, 3.63) is 71.5 Å². The Kier molecular flexibility index (Phi) is 4.62. The molecular weight excluding hydrogens is 368 g/mol. The lowest BCUT2D eigenvalue weighted by Gasteiger charge is -2.36. The van der Waals surface area contributed by atoms with Gasteiger partial charge >= 0.3 is 5.97 Å². The van der Waals surface area contributed by atoms with Gasteiger partial charge in [-0.2, -0.15) is 0 Å². The van der Waals surface area contributed by atoms with Crippen LogP contribution in [0.5, 0.6) is 11.6 Å². The van der Waals surface area contributed by atoms with E-state index in [4.69, 9.17) is 14.5 Å². The Labute approximate surface area is 168 Å². The van der Waals surface area contributed by atoms with E-state index in [2.05, 4.69) is 4.98 Å². The maximum atomic E-state index is 12.6. The van der Waals surface area contributed by atoms with Gasteiger partial charge in [-0.15, -0.1) is 0 Å². The fraction of sp³-hybridized carbons (Fsp3) is 0.217. The minimum absolute atomic E-state index is 0.296. The number of esters is 1. The number of carbonyl (C=O) groups is 2. The van der Waals surface area contributed by atoms with Gasteiger partial charge in [0.15, 0.2) is 5.75 Å². The first-order valence-electron chi connectivity index (χ1n) is 9.22. The quantitative estimate of drug-likeness (QED) is 0.487. The molecule has 0 spiro atoms. The number of carbonyl (C=O) groups excluding carboxylic acids is 2. The van der Waals surface area contributed by atoms with Crippen LogP contribution >= 0.6 is 0 Å². The molecule has 6 heteroatoms. The first-order chi connectivity index (χ1) is 14.0. The highest BCUT2D eigenvalue weighted by Crippen LogP contribution is 2.51. The molecule has 0 saturated carbocycles. The Morgan fingerprint density at radius 3 is 2.55 bits per heavy atom. The standard InChI is InChI=1S/C23H20N2O4/c1-23(2,22(27)28-3)20-16-10-11-24-12-19(16)29-21-17(20)8-9-18(25-21)15-6-4-14(13-26)5-7-15/h4-13,20H,1-3H3. The minimum atomic E-state index is -0.835. The van der Waals surface area contributed by atoms with Gasteiger partial charge in [0.1, 0.15) is 6.29 Å². The molecule has 4 rings (SSSR count). The Morgan fingerprint density at radius 1 is 1.10 bits per heavy atom. The summed E-state index contributed by atoms with van der Waals surface area (Å²) in [5, 5.41) is 0. The van der Waals surface area contributed by atoms with E-state index in [0.29, 0.717) is 22.9 Å². The number of hydrogen-bond acceptors (Lipinski definition) is 6. The molecule has 1 atom stereocenters. The lowest BCUT2D eigenvalue weighted by atomic mass is 9.70. The van der Waals surface area contributed by atoms with Crippen molar-refractivity contribution in [2.75, 3.05) is 7.11 Å². The number of benzene rings is 1. The molecule has 6 nitrogen and oxygen atoms in total. The van der Waals surface area contributed by atoms with Gasteiger partial charge < -0.3 is 9.47 Å². The normalized spacial score (nSPS) is 14.9. The van der Waals surface area contributed by atoms with Crippen LogP contribution in [0.1, 0.15) is 41.3 Å². The number of pyridine rings is 2. The fourth-order valence-electron chi connectivity index (χ4n) is 3.79. The lowest BCUT2D eigenvalue weighted by Crippen LogP contribution is -2.35. The fourth-order valence-corrected chi connectivity index (χ4v) is 3.79. The number of rotatable bonds is 4. The first-order valence-corrected chi connectivity index (χ1v) is 9.22. The molecule has 1 unspecified atom stereocenters. The van der Waals surface area contributed by atoms with Crippen molar-refractivity contribution in [2.24, 2.45) is 5.41 Å². The van der Waals surface area contributed by atoms with Crippen molar-refractivity contribution in [2.45, 2.75) is 19.8 Å². The van der Waals surface area contributed by atoms with Crippen LogP contribution in [0, 0.1) is 5.41 Å². The van der Waals surface area contributed by atoms with Gasteiger partial charge in [-0.3, -0.25) is 14.6 Å². The van der Waals surface area contributed by atoms with Crippen LogP contribution in [-0.2, 0) is 9.53 Å². The van der Waals surface area contributed by atoms with E-state index in [1.54, 1.807) is 24.5 Å². The zero-order valence-electron chi connectivity index (χ0n) is 16.4. The molecule has 0 amide bonds. The molecule has 3 heterocycles. The number of methoxy groups -OCH3 is 1. The van der Waals surface area contributed by atoms with Crippen LogP contribution in [0.3, 0.4) is 0 Å². The van der Waals surface area contributed by atoms with Gasteiger partial charge in [0.25, 0.3) is 0 Å². The molecule has 3 aromatic rings. The average Bonchev–Trinajstić information content (AvgIpc) is 2.76. The zero-order valence-corrected chi connectivity index (χ0v) is 16.4. The molecule has 0 fully saturated rings. The molecular formula is C23H20N2O4. The first kappa shape index (κ1) is 18.8. The summed E-state index contributed by atoms with van der Waals surface area (Å²) in [5.41, 5.74) is 3.02. The van der Waals surface area contributed by atoms with Crippen molar-refractivity contribution < 1.29 is 19.1 Å². The third kappa shape index (κ3) is 3.16. The molecule has 0 N–H and O–H groups in total. The predicted octanol–water partition coefficient (Wildman–Crippen LogP) is 4.39. The van der Waals surface area contributed by atoms with Gasteiger partial charge in [0.05, 0.1) is 24.4 Å². The molecule has 0 saturated heterocycles. The van der Waals surface area contributed by atoms with Crippen LogP contribution in [0.2, 0.25) is 0 Å². The lowest BCUT2D eigenvalue weighted by molar-refractivity contribution is -0.151. The molecule has 29 heavy (non-hydrogen) atoms. The predicted molar refractivity (Wildman–Crippen MR) is 107 cm³/mol. The molecule has 0 bridgehead atoms. The number of ether oxygens (including phenoxy) is 2. The molecule has 1 aliphatic heterocycles. The number of fused-ring (bicyclic) bond motifs is 2. The SMILES string of the molecule is COC(=O)C(C)(C)C1c2ccncc2Oc2nc(-c3ccc(C=O)cc3)ccc21. The summed E-state index contributed by atoms with van der Waals surface area (Å²) in [6, 6.07) is 12.9. The van der Waals surface area contributed by atoms with Gasteiger partial charge in [0, 0.05) is 34.4 Å². The van der Waals surface area contributed by atoms with Crippen LogP contribution in [0.15, 0.2) is 54.9 Å². The van der Waals surface area contributed by atoms with E-state index in [0.717, 1.165) is 23.0 Å². The van der Waals surface area contributed by atoms with Gasteiger partial charge in [-0.25, -0.2) is 4.98 Å². The molecule has 146 valence electrons. The summed E-state index contributed by atoms with van der Waals surface area (Å²) in [5.74, 6) is 0.398. The Bertz CT molecular complexity index is 1090. The van der Waals surface area contributed by atoms with Crippen molar-refractivity contribution >= 4 is 12.3 Å². The van der Waals surface area contributed by atoms with Crippen molar-refractivity contribution in [1.82, 2.24) is 9.97 Å². The topological polar surface area (TPSA) is 78.4 Å². The third-order valence-corrected chi connectivity index (χ3v) is 5.31. The number of aldehydes is 1. The molecule has 0 aliphatic carbocycles. The van der Waals surface area contributed by atoms with Gasteiger partial charge in [-0.05, 0) is 26.0 Å². The molecule has 1 aromatic carbocycles. The Hall–Kier alpha value is -3.54. The molecule has 1 aliphatic rings. The molecule has 0 radical (unpaired) electrons. The monoisotopic (exact) mass is 388 g/mol. The van der Waals surface area contributed by atoms with Crippen molar-refractivity contribution in [3.63, 3.8) is 0 Å². The van der Waals surface area contributed by atoms with Gasteiger partial charge in [0.2, 0.25) is 5.88 Å². The Morgan fingerprint density at radius 2 is 1.86 bits per heavy atom. The van der Waals surface area contributed by atoms with E-state index in [1.807, 2.05) is 44.2 Å². The smallest absolute Gasteiger partial charge is 0.312 e. The maximum absolute atomic E-state index is 12.6. The zero-order chi connectivity index (χ0) is 20.6. The van der Waals surface area contributed by atoms with E-state index in [1.165, 1.54) is 7.11 Å². The van der Waals surface area contributed by atoms with E-state index >= 15 is 0 Å². The number of aromatic nitrogens is 2. The van der Waals surface area contributed by atoms with E-state index in [-0.39, 0.29) is 11.9 Å². The summed E-state index contributed by atoms with van der Waals surface area (Å²) in [6.45, 7) is 3.71.